The van der Waals surface area contributed by atoms with E-state index in [0.29, 0.717) is 12.5 Å². The number of carbonyl (C=O) groups is 1. The summed E-state index contributed by atoms with van der Waals surface area (Å²) in [5.41, 5.74) is 6.41. The highest BCUT2D eigenvalue weighted by molar-refractivity contribution is 5.84. The van der Waals surface area contributed by atoms with Gasteiger partial charge in [0.15, 0.2) is 0 Å². The van der Waals surface area contributed by atoms with E-state index in [-0.39, 0.29) is 12.5 Å². The van der Waals surface area contributed by atoms with Gasteiger partial charge in [-0.2, -0.15) is 0 Å². The molecule has 0 heterocycles. The molecule has 0 aromatic heterocycles. The number of carbonyl (C=O) groups excluding carboxylic acids is 1. The van der Waals surface area contributed by atoms with Crippen molar-refractivity contribution in [1.29, 1.82) is 0 Å². The van der Waals surface area contributed by atoms with Gasteiger partial charge in [-0.25, -0.2) is 0 Å². The lowest BCUT2D eigenvalue weighted by Gasteiger charge is -2.32. The first-order valence-electron chi connectivity index (χ1n) is 10.8. The molecule has 0 radical (unpaired) electrons. The van der Waals surface area contributed by atoms with Crippen molar-refractivity contribution in [3.63, 3.8) is 0 Å². The summed E-state index contributed by atoms with van der Waals surface area (Å²) >= 11 is 0. The molecular weight excluding hydrogens is 376 g/mol. The van der Waals surface area contributed by atoms with Gasteiger partial charge < -0.3 is 20.9 Å². The number of nitrogens with two attached hydrogens (primary N) is 1. The summed E-state index contributed by atoms with van der Waals surface area (Å²) in [6, 6.07) is 16.4. The number of hydrogen-bond donors (Lipinski definition) is 3. The molecule has 0 aliphatic heterocycles. The predicted octanol–water partition coefficient (Wildman–Crippen LogP) is 4.17. The molecule has 3 atom stereocenters. The van der Waals surface area contributed by atoms with Crippen LogP contribution >= 0.6 is 0 Å². The van der Waals surface area contributed by atoms with E-state index < -0.39 is 17.6 Å². The lowest BCUT2D eigenvalue weighted by atomic mass is 9.90. The molecule has 2 aromatic carbocycles. The minimum atomic E-state index is -1.15. The van der Waals surface area contributed by atoms with Crippen LogP contribution in [0.15, 0.2) is 54.6 Å². The van der Waals surface area contributed by atoms with Crippen molar-refractivity contribution in [2.75, 3.05) is 13.2 Å². The normalized spacial score (nSPS) is 14.6. The molecule has 2 aromatic rings. The average Bonchev–Trinajstić information content (AvgIpc) is 2.72. The van der Waals surface area contributed by atoms with Crippen LogP contribution in [0.3, 0.4) is 0 Å². The largest absolute Gasteiger partial charge is 0.493 e. The van der Waals surface area contributed by atoms with E-state index in [1.165, 1.54) is 0 Å². The van der Waals surface area contributed by atoms with Gasteiger partial charge >= 0.3 is 0 Å². The van der Waals surface area contributed by atoms with E-state index in [1.54, 1.807) is 13.8 Å². The van der Waals surface area contributed by atoms with Crippen LogP contribution in [0, 0.1) is 5.92 Å². The Labute approximate surface area is 180 Å². The van der Waals surface area contributed by atoms with Gasteiger partial charge in [0.25, 0.3) is 0 Å². The Kier molecular flexibility index (Phi) is 8.88. The van der Waals surface area contributed by atoms with Gasteiger partial charge in [0.1, 0.15) is 5.75 Å². The van der Waals surface area contributed by atoms with Gasteiger partial charge in [0, 0.05) is 6.54 Å². The summed E-state index contributed by atoms with van der Waals surface area (Å²) in [6.45, 7) is 8.59. The Hall–Kier alpha value is -2.37. The maximum Gasteiger partial charge on any atom is 0.229 e. The van der Waals surface area contributed by atoms with Crippen LogP contribution < -0.4 is 15.8 Å². The second-order valence-electron chi connectivity index (χ2n) is 8.57. The van der Waals surface area contributed by atoms with Crippen molar-refractivity contribution < 1.29 is 14.6 Å². The lowest BCUT2D eigenvalue weighted by molar-refractivity contribution is -0.125. The summed E-state index contributed by atoms with van der Waals surface area (Å²) in [6.07, 6.45) is 2.28. The SMILES string of the molecule is CCCC(C)COc1ccc([C@@H](NC(=O)[C@@H](CN)c2ccccc2)C(C)(C)O)cc1. The van der Waals surface area contributed by atoms with E-state index in [0.717, 1.165) is 29.7 Å². The van der Waals surface area contributed by atoms with Crippen molar-refractivity contribution in [2.24, 2.45) is 11.7 Å². The average molecular weight is 413 g/mol. The van der Waals surface area contributed by atoms with E-state index in [9.17, 15) is 9.90 Å². The van der Waals surface area contributed by atoms with Crippen LogP contribution in [0.5, 0.6) is 5.75 Å². The van der Waals surface area contributed by atoms with Crippen molar-refractivity contribution in [1.82, 2.24) is 5.32 Å². The Balaban J connectivity index is 2.13. The molecule has 0 saturated carbocycles. The topological polar surface area (TPSA) is 84.6 Å². The first kappa shape index (κ1) is 23.9. The fraction of sp³-hybridized carbons (Fsp3) is 0.480. The molecule has 0 aliphatic rings. The Morgan fingerprint density at radius 3 is 2.27 bits per heavy atom. The quantitative estimate of drug-likeness (QED) is 0.517. The van der Waals surface area contributed by atoms with E-state index in [2.05, 4.69) is 19.2 Å². The standard InChI is InChI=1S/C25H36N2O3/c1-5-9-18(2)17-30-21-14-12-20(13-15-21)23(25(3,4)29)27-24(28)22(16-26)19-10-7-6-8-11-19/h6-8,10-15,18,22-23,29H,5,9,16-17,26H2,1-4H3,(H,27,28)/t18?,22-,23+/m0/s1. The molecule has 1 amide bonds. The number of amides is 1. The molecule has 2 rings (SSSR count). The molecule has 5 nitrogen and oxygen atoms in total. The third kappa shape index (κ3) is 6.85. The van der Waals surface area contributed by atoms with E-state index in [1.807, 2.05) is 54.6 Å². The van der Waals surface area contributed by atoms with Crippen molar-refractivity contribution >= 4 is 5.91 Å². The molecule has 0 saturated heterocycles. The molecule has 0 aliphatic carbocycles. The molecule has 164 valence electrons. The highest BCUT2D eigenvalue weighted by Gasteiger charge is 2.32. The predicted molar refractivity (Wildman–Crippen MR) is 121 cm³/mol. The van der Waals surface area contributed by atoms with Crippen LogP contribution in [0.25, 0.3) is 0 Å². The Bertz CT molecular complexity index is 769. The summed E-state index contributed by atoms with van der Waals surface area (Å²) in [5, 5.41) is 13.7. The number of hydrogen-bond acceptors (Lipinski definition) is 4. The maximum atomic E-state index is 13.0. The van der Waals surface area contributed by atoms with Crippen LogP contribution in [-0.4, -0.2) is 29.8 Å². The van der Waals surface area contributed by atoms with E-state index >= 15 is 0 Å². The molecular formula is C25H36N2O3. The maximum absolute atomic E-state index is 13.0. The van der Waals surface area contributed by atoms with Crippen LogP contribution in [0.4, 0.5) is 0 Å². The van der Waals surface area contributed by atoms with Crippen LogP contribution in [0.2, 0.25) is 0 Å². The van der Waals surface area contributed by atoms with Crippen LogP contribution in [0.1, 0.15) is 63.6 Å². The minimum Gasteiger partial charge on any atom is -0.493 e. The van der Waals surface area contributed by atoms with E-state index in [4.69, 9.17) is 10.5 Å². The lowest BCUT2D eigenvalue weighted by Crippen LogP contribution is -2.45. The zero-order valence-corrected chi connectivity index (χ0v) is 18.6. The third-order valence-electron chi connectivity index (χ3n) is 5.28. The second kappa shape index (κ2) is 11.1. The monoisotopic (exact) mass is 412 g/mol. The van der Waals surface area contributed by atoms with Gasteiger partial charge in [-0.15, -0.1) is 0 Å². The Morgan fingerprint density at radius 2 is 1.73 bits per heavy atom. The number of aliphatic hydroxyl groups is 1. The molecule has 5 heteroatoms. The minimum absolute atomic E-state index is 0.192. The fourth-order valence-corrected chi connectivity index (χ4v) is 3.56. The van der Waals surface area contributed by atoms with Crippen molar-refractivity contribution in [2.45, 2.75) is 58.1 Å². The number of nitrogens with one attached hydrogen (secondary N) is 1. The van der Waals surface area contributed by atoms with Gasteiger partial charge in [-0.1, -0.05) is 62.7 Å². The molecule has 0 bridgehead atoms. The smallest absolute Gasteiger partial charge is 0.229 e. The third-order valence-corrected chi connectivity index (χ3v) is 5.28. The van der Waals surface area contributed by atoms with Gasteiger partial charge in [-0.05, 0) is 49.4 Å². The summed E-state index contributed by atoms with van der Waals surface area (Å²) in [7, 11) is 0. The molecule has 4 N–H and O–H groups in total. The summed E-state index contributed by atoms with van der Waals surface area (Å²) in [4.78, 5) is 13.0. The second-order valence-corrected chi connectivity index (χ2v) is 8.57. The van der Waals surface area contributed by atoms with Crippen molar-refractivity contribution in [3.8, 4) is 5.75 Å². The fourth-order valence-electron chi connectivity index (χ4n) is 3.56. The molecule has 30 heavy (non-hydrogen) atoms. The zero-order valence-electron chi connectivity index (χ0n) is 18.6. The highest BCUT2D eigenvalue weighted by atomic mass is 16.5. The molecule has 1 unspecified atom stereocenters. The summed E-state index contributed by atoms with van der Waals surface area (Å²) in [5.74, 6) is 0.610. The van der Waals surface area contributed by atoms with Crippen molar-refractivity contribution in [3.05, 3.63) is 65.7 Å². The molecule has 0 fully saturated rings. The highest BCUT2D eigenvalue weighted by Crippen LogP contribution is 2.28. The zero-order chi connectivity index (χ0) is 22.1. The van der Waals surface area contributed by atoms with Gasteiger partial charge in [-0.3, -0.25) is 4.79 Å². The molecule has 0 spiro atoms. The first-order chi connectivity index (χ1) is 14.3. The summed E-state index contributed by atoms with van der Waals surface area (Å²) < 4.78 is 5.87. The van der Waals surface area contributed by atoms with Gasteiger partial charge in [0.05, 0.1) is 24.2 Å². The van der Waals surface area contributed by atoms with Crippen LogP contribution in [-0.2, 0) is 4.79 Å². The number of rotatable bonds is 11. The Morgan fingerprint density at radius 1 is 1.10 bits per heavy atom. The van der Waals surface area contributed by atoms with Gasteiger partial charge in [0.2, 0.25) is 5.91 Å². The number of ether oxygens (including phenoxy) is 1. The number of benzene rings is 2. The first-order valence-corrected chi connectivity index (χ1v) is 10.8.